The molecule has 0 amide bonds. The molecule has 3 nitrogen and oxygen atoms in total. The SMILES string of the molecule is O=S(=O)(OC(F)F)c1ccc2ccccc2c1. The third kappa shape index (κ3) is 2.59. The van der Waals surface area contributed by atoms with Crippen molar-refractivity contribution in [3.8, 4) is 0 Å². The predicted molar refractivity (Wildman–Crippen MR) is 58.2 cm³/mol. The Kier molecular flexibility index (Phi) is 3.08. The van der Waals surface area contributed by atoms with Gasteiger partial charge in [0.1, 0.15) is 0 Å². The van der Waals surface area contributed by atoms with E-state index in [-0.39, 0.29) is 4.90 Å². The van der Waals surface area contributed by atoms with Crippen LogP contribution in [0.5, 0.6) is 0 Å². The van der Waals surface area contributed by atoms with Crippen molar-refractivity contribution in [3.63, 3.8) is 0 Å². The quantitative estimate of drug-likeness (QED) is 0.795. The lowest BCUT2D eigenvalue weighted by Gasteiger charge is -2.05. The summed E-state index contributed by atoms with van der Waals surface area (Å²) in [5.74, 6) is 0. The number of alkyl halides is 2. The van der Waals surface area contributed by atoms with E-state index in [4.69, 9.17) is 0 Å². The van der Waals surface area contributed by atoms with Crippen LogP contribution in [0.4, 0.5) is 8.78 Å². The Morgan fingerprint density at radius 3 is 2.29 bits per heavy atom. The summed E-state index contributed by atoms with van der Waals surface area (Å²) in [5.41, 5.74) is 0. The Morgan fingerprint density at radius 1 is 1.00 bits per heavy atom. The minimum atomic E-state index is -4.40. The standard InChI is InChI=1S/C11H8F2O3S/c12-11(13)16-17(14,15)10-6-5-8-3-1-2-4-9(8)7-10/h1-7,11H. The van der Waals surface area contributed by atoms with Gasteiger partial charge in [-0.3, -0.25) is 0 Å². The first-order valence-corrected chi connectivity index (χ1v) is 6.10. The van der Waals surface area contributed by atoms with Crippen LogP contribution in [0.15, 0.2) is 47.4 Å². The number of hydrogen-bond acceptors (Lipinski definition) is 3. The molecule has 0 aromatic heterocycles. The third-order valence-electron chi connectivity index (χ3n) is 2.21. The van der Waals surface area contributed by atoms with Crippen molar-refractivity contribution in [3.05, 3.63) is 42.5 Å². The van der Waals surface area contributed by atoms with Crippen LogP contribution in [0.1, 0.15) is 0 Å². The van der Waals surface area contributed by atoms with Crippen molar-refractivity contribution in [2.75, 3.05) is 0 Å². The normalized spacial score (nSPS) is 12.2. The average molecular weight is 258 g/mol. The van der Waals surface area contributed by atoms with Gasteiger partial charge in [0.15, 0.2) is 0 Å². The Balaban J connectivity index is 2.50. The van der Waals surface area contributed by atoms with Gasteiger partial charge in [0.25, 0.3) is 0 Å². The Morgan fingerprint density at radius 2 is 1.65 bits per heavy atom. The molecular weight excluding hydrogens is 250 g/mol. The zero-order valence-corrected chi connectivity index (χ0v) is 9.32. The van der Waals surface area contributed by atoms with E-state index in [1.165, 1.54) is 18.2 Å². The zero-order valence-electron chi connectivity index (χ0n) is 8.51. The van der Waals surface area contributed by atoms with E-state index >= 15 is 0 Å². The van der Waals surface area contributed by atoms with Gasteiger partial charge < -0.3 is 0 Å². The fourth-order valence-electron chi connectivity index (χ4n) is 1.47. The molecule has 0 aliphatic rings. The molecule has 0 aliphatic carbocycles. The highest BCUT2D eigenvalue weighted by Crippen LogP contribution is 2.21. The molecule has 0 radical (unpaired) electrons. The number of rotatable bonds is 3. The molecule has 2 aromatic rings. The van der Waals surface area contributed by atoms with Gasteiger partial charge in [-0.15, -0.1) is 0 Å². The Labute approximate surface area is 96.8 Å². The lowest BCUT2D eigenvalue weighted by atomic mass is 10.1. The summed E-state index contributed by atoms with van der Waals surface area (Å²) in [7, 11) is -4.40. The summed E-state index contributed by atoms with van der Waals surface area (Å²) in [4.78, 5) is -0.281. The van der Waals surface area contributed by atoms with Crippen LogP contribution in [0.2, 0.25) is 0 Å². The lowest BCUT2D eigenvalue weighted by Crippen LogP contribution is -2.10. The molecular formula is C11H8F2O3S. The van der Waals surface area contributed by atoms with Crippen LogP contribution in [0.25, 0.3) is 10.8 Å². The van der Waals surface area contributed by atoms with Crippen molar-refractivity contribution in [1.82, 2.24) is 0 Å². The summed E-state index contributed by atoms with van der Waals surface area (Å²) < 4.78 is 50.2. The van der Waals surface area contributed by atoms with Crippen LogP contribution < -0.4 is 0 Å². The summed E-state index contributed by atoms with van der Waals surface area (Å²) in [5, 5.41) is 1.47. The third-order valence-corrected chi connectivity index (χ3v) is 3.44. The van der Waals surface area contributed by atoms with Crippen LogP contribution >= 0.6 is 0 Å². The maximum absolute atomic E-state index is 11.9. The van der Waals surface area contributed by atoms with E-state index in [1.807, 2.05) is 0 Å². The maximum atomic E-state index is 11.9. The molecule has 0 aliphatic heterocycles. The molecule has 0 spiro atoms. The molecule has 2 rings (SSSR count). The smallest absolute Gasteiger partial charge is 0.199 e. The van der Waals surface area contributed by atoms with E-state index < -0.39 is 16.7 Å². The van der Waals surface area contributed by atoms with E-state index in [9.17, 15) is 17.2 Å². The first kappa shape index (κ1) is 11.9. The van der Waals surface area contributed by atoms with Crippen molar-refractivity contribution in [1.29, 1.82) is 0 Å². The van der Waals surface area contributed by atoms with E-state index in [1.54, 1.807) is 24.3 Å². The Hall–Kier alpha value is -1.53. The van der Waals surface area contributed by atoms with Gasteiger partial charge in [0.05, 0.1) is 4.90 Å². The monoisotopic (exact) mass is 258 g/mol. The van der Waals surface area contributed by atoms with Crippen LogP contribution in [-0.2, 0) is 14.3 Å². The second kappa shape index (κ2) is 4.38. The molecule has 0 saturated carbocycles. The molecule has 0 bridgehead atoms. The van der Waals surface area contributed by atoms with E-state index in [0.717, 1.165) is 5.39 Å². The molecule has 90 valence electrons. The highest BCUT2D eigenvalue weighted by atomic mass is 32.2. The molecule has 0 fully saturated rings. The minimum absolute atomic E-state index is 0.281. The summed E-state index contributed by atoms with van der Waals surface area (Å²) >= 11 is 0. The molecule has 0 unspecified atom stereocenters. The zero-order chi connectivity index (χ0) is 12.5. The van der Waals surface area contributed by atoms with Gasteiger partial charge >= 0.3 is 16.7 Å². The highest BCUT2D eigenvalue weighted by molar-refractivity contribution is 7.86. The molecule has 6 heteroatoms. The number of fused-ring (bicyclic) bond motifs is 1. The second-order valence-corrected chi connectivity index (χ2v) is 4.89. The van der Waals surface area contributed by atoms with Crippen molar-refractivity contribution < 1.29 is 21.4 Å². The summed E-state index contributed by atoms with van der Waals surface area (Å²) in [6.45, 7) is -3.36. The van der Waals surface area contributed by atoms with Crippen LogP contribution in [-0.4, -0.2) is 15.0 Å². The van der Waals surface area contributed by atoms with E-state index in [2.05, 4.69) is 4.18 Å². The lowest BCUT2D eigenvalue weighted by molar-refractivity contribution is -0.0445. The van der Waals surface area contributed by atoms with Crippen molar-refractivity contribution in [2.24, 2.45) is 0 Å². The van der Waals surface area contributed by atoms with Gasteiger partial charge in [-0.05, 0) is 22.9 Å². The minimum Gasteiger partial charge on any atom is -0.199 e. The van der Waals surface area contributed by atoms with E-state index in [0.29, 0.717) is 5.39 Å². The highest BCUT2D eigenvalue weighted by Gasteiger charge is 2.20. The number of hydrogen-bond donors (Lipinski definition) is 0. The van der Waals surface area contributed by atoms with Crippen molar-refractivity contribution >= 4 is 20.9 Å². The topological polar surface area (TPSA) is 43.4 Å². The molecule has 0 N–H and O–H groups in total. The van der Waals surface area contributed by atoms with Gasteiger partial charge in [-0.1, -0.05) is 30.3 Å². The first-order valence-electron chi connectivity index (χ1n) is 4.69. The number of halogens is 2. The Bertz CT molecular complexity index is 638. The van der Waals surface area contributed by atoms with Gasteiger partial charge in [0, 0.05) is 0 Å². The maximum Gasteiger partial charge on any atom is 0.359 e. The molecule has 17 heavy (non-hydrogen) atoms. The number of benzene rings is 2. The van der Waals surface area contributed by atoms with Crippen LogP contribution in [0, 0.1) is 0 Å². The fraction of sp³-hybridized carbons (Fsp3) is 0.0909. The van der Waals surface area contributed by atoms with Gasteiger partial charge in [0.2, 0.25) is 0 Å². The molecule has 0 heterocycles. The summed E-state index contributed by atoms with van der Waals surface area (Å²) in [6.07, 6.45) is 0. The predicted octanol–water partition coefficient (Wildman–Crippen LogP) is 2.77. The van der Waals surface area contributed by atoms with Crippen molar-refractivity contribution in [2.45, 2.75) is 11.5 Å². The van der Waals surface area contributed by atoms with Crippen LogP contribution in [0.3, 0.4) is 0 Å². The largest absolute Gasteiger partial charge is 0.359 e. The summed E-state index contributed by atoms with van der Waals surface area (Å²) in [6, 6.07) is 11.1. The fourth-order valence-corrected chi connectivity index (χ4v) is 2.28. The second-order valence-electron chi connectivity index (χ2n) is 3.32. The molecule has 0 atom stereocenters. The molecule has 0 saturated heterocycles. The van der Waals surface area contributed by atoms with Gasteiger partial charge in [-0.2, -0.15) is 21.4 Å². The van der Waals surface area contributed by atoms with Gasteiger partial charge in [-0.25, -0.2) is 0 Å². The first-order chi connectivity index (χ1) is 7.99. The average Bonchev–Trinajstić information content (AvgIpc) is 2.26. The molecule has 2 aromatic carbocycles.